The van der Waals surface area contributed by atoms with Gasteiger partial charge in [-0.3, -0.25) is 4.79 Å². The summed E-state index contributed by atoms with van der Waals surface area (Å²) in [6, 6.07) is -0.234. The average Bonchev–Trinajstić information content (AvgIpc) is 2.43. The summed E-state index contributed by atoms with van der Waals surface area (Å²) >= 11 is 0. The lowest BCUT2D eigenvalue weighted by atomic mass is 10.1. The molecule has 0 bridgehead atoms. The van der Waals surface area contributed by atoms with Gasteiger partial charge >= 0.3 is 0 Å². The highest BCUT2D eigenvalue weighted by Crippen LogP contribution is 2.18. The predicted molar refractivity (Wildman–Crippen MR) is 63.0 cm³/mol. The number of likely N-dealkylation sites (tertiary alicyclic amines) is 1. The van der Waals surface area contributed by atoms with Crippen LogP contribution in [0.1, 0.15) is 34.6 Å². The number of nitrogens with zero attached hydrogens (tertiary/aromatic N) is 1. The van der Waals surface area contributed by atoms with Crippen LogP contribution in [0.4, 0.5) is 4.39 Å². The van der Waals surface area contributed by atoms with Gasteiger partial charge in [0.1, 0.15) is 6.17 Å². The minimum Gasteiger partial charge on any atom is -0.338 e. The number of halogens is 1. The number of carbonyl (C=O) groups excluding carboxylic acids is 1. The molecule has 1 aliphatic rings. The number of amides is 1. The van der Waals surface area contributed by atoms with Crippen LogP contribution in [0, 0.1) is 5.92 Å². The van der Waals surface area contributed by atoms with E-state index >= 15 is 0 Å². The SMILES string of the molecule is CC(C)C(=O)N1C[C@H](F)[C@H](NC(C)(C)C)C1. The van der Waals surface area contributed by atoms with E-state index in [9.17, 15) is 9.18 Å². The van der Waals surface area contributed by atoms with Crippen LogP contribution in [0.25, 0.3) is 0 Å². The fourth-order valence-electron chi connectivity index (χ4n) is 2.00. The molecular formula is C12H23FN2O. The monoisotopic (exact) mass is 230 g/mol. The summed E-state index contributed by atoms with van der Waals surface area (Å²) in [5.74, 6) is -0.0126. The van der Waals surface area contributed by atoms with Gasteiger partial charge in [0.15, 0.2) is 0 Å². The molecule has 1 fully saturated rings. The van der Waals surface area contributed by atoms with Gasteiger partial charge in [0, 0.05) is 18.0 Å². The molecule has 1 saturated heterocycles. The van der Waals surface area contributed by atoms with Crippen molar-refractivity contribution in [2.45, 2.75) is 52.4 Å². The highest BCUT2D eigenvalue weighted by molar-refractivity contribution is 5.78. The van der Waals surface area contributed by atoms with Gasteiger partial charge in [-0.05, 0) is 20.8 Å². The van der Waals surface area contributed by atoms with E-state index in [1.165, 1.54) is 0 Å². The highest BCUT2D eigenvalue weighted by atomic mass is 19.1. The van der Waals surface area contributed by atoms with Gasteiger partial charge in [0.2, 0.25) is 5.91 Å². The molecule has 1 aliphatic heterocycles. The number of hydrogen-bond donors (Lipinski definition) is 1. The lowest BCUT2D eigenvalue weighted by molar-refractivity contribution is -0.133. The first-order valence-electron chi connectivity index (χ1n) is 5.91. The van der Waals surface area contributed by atoms with Crippen molar-refractivity contribution in [1.29, 1.82) is 0 Å². The molecule has 2 atom stereocenters. The summed E-state index contributed by atoms with van der Waals surface area (Å²) in [4.78, 5) is 13.4. The van der Waals surface area contributed by atoms with Crippen LogP contribution in [-0.4, -0.2) is 41.6 Å². The number of alkyl halides is 1. The van der Waals surface area contributed by atoms with Crippen LogP contribution in [0.3, 0.4) is 0 Å². The first-order valence-corrected chi connectivity index (χ1v) is 5.91. The summed E-state index contributed by atoms with van der Waals surface area (Å²) in [7, 11) is 0. The van der Waals surface area contributed by atoms with E-state index in [4.69, 9.17) is 0 Å². The first-order chi connectivity index (χ1) is 7.20. The standard InChI is InChI=1S/C12H23FN2O/c1-8(2)11(16)15-6-9(13)10(7-15)14-12(3,4)5/h8-10,14H,6-7H2,1-5H3/t9-,10+/m0/s1. The summed E-state index contributed by atoms with van der Waals surface area (Å²) in [5.41, 5.74) is -0.119. The molecule has 94 valence electrons. The van der Waals surface area contributed by atoms with E-state index in [2.05, 4.69) is 5.32 Å². The van der Waals surface area contributed by atoms with Gasteiger partial charge in [-0.15, -0.1) is 0 Å². The van der Waals surface area contributed by atoms with Crippen LogP contribution in [-0.2, 0) is 4.79 Å². The third-order valence-electron chi connectivity index (χ3n) is 2.67. The normalized spacial score (nSPS) is 26.6. The maximum Gasteiger partial charge on any atom is 0.225 e. The molecule has 3 nitrogen and oxygen atoms in total. The van der Waals surface area contributed by atoms with Gasteiger partial charge in [0.05, 0.1) is 12.6 Å². The van der Waals surface area contributed by atoms with Crippen molar-refractivity contribution < 1.29 is 9.18 Å². The zero-order valence-corrected chi connectivity index (χ0v) is 10.9. The zero-order valence-electron chi connectivity index (χ0n) is 10.9. The summed E-state index contributed by atoms with van der Waals surface area (Å²) in [5, 5.41) is 3.22. The molecule has 4 heteroatoms. The molecule has 16 heavy (non-hydrogen) atoms. The van der Waals surface area contributed by atoms with Crippen LogP contribution >= 0.6 is 0 Å². The number of nitrogens with one attached hydrogen (secondary N) is 1. The summed E-state index contributed by atoms with van der Waals surface area (Å²) < 4.78 is 13.7. The minimum atomic E-state index is -0.957. The molecule has 0 saturated carbocycles. The van der Waals surface area contributed by atoms with E-state index in [0.717, 1.165) is 0 Å². The quantitative estimate of drug-likeness (QED) is 0.781. The van der Waals surface area contributed by atoms with Crippen molar-refractivity contribution in [2.75, 3.05) is 13.1 Å². The van der Waals surface area contributed by atoms with Crippen LogP contribution in [0.15, 0.2) is 0 Å². The Bertz CT molecular complexity index is 260. The van der Waals surface area contributed by atoms with Crippen molar-refractivity contribution in [3.8, 4) is 0 Å². The van der Waals surface area contributed by atoms with E-state index in [1.54, 1.807) is 4.90 Å². The maximum atomic E-state index is 13.7. The van der Waals surface area contributed by atoms with Crippen LogP contribution < -0.4 is 5.32 Å². The Hall–Kier alpha value is -0.640. The van der Waals surface area contributed by atoms with E-state index in [1.807, 2.05) is 34.6 Å². The number of carbonyl (C=O) groups is 1. The van der Waals surface area contributed by atoms with E-state index < -0.39 is 6.17 Å². The Kier molecular flexibility index (Phi) is 3.94. The first kappa shape index (κ1) is 13.4. The Morgan fingerprint density at radius 1 is 1.38 bits per heavy atom. The number of rotatable bonds is 2. The topological polar surface area (TPSA) is 32.3 Å². The average molecular weight is 230 g/mol. The molecule has 1 rings (SSSR count). The molecular weight excluding hydrogens is 207 g/mol. The molecule has 1 amide bonds. The van der Waals surface area contributed by atoms with Crippen molar-refractivity contribution in [3.63, 3.8) is 0 Å². The second-order valence-electron chi connectivity index (χ2n) is 5.91. The van der Waals surface area contributed by atoms with E-state index in [0.29, 0.717) is 6.54 Å². The predicted octanol–water partition coefficient (Wildman–Crippen LogP) is 1.58. The van der Waals surface area contributed by atoms with Gasteiger partial charge in [0.25, 0.3) is 0 Å². The molecule has 1 heterocycles. The van der Waals surface area contributed by atoms with Crippen molar-refractivity contribution in [3.05, 3.63) is 0 Å². The molecule has 0 radical (unpaired) electrons. The van der Waals surface area contributed by atoms with Gasteiger partial charge in [-0.1, -0.05) is 13.8 Å². The van der Waals surface area contributed by atoms with E-state index in [-0.39, 0.29) is 30.0 Å². The molecule has 0 aromatic heterocycles. The minimum absolute atomic E-state index is 0.0425. The van der Waals surface area contributed by atoms with Crippen molar-refractivity contribution in [1.82, 2.24) is 10.2 Å². The van der Waals surface area contributed by atoms with Crippen molar-refractivity contribution in [2.24, 2.45) is 5.92 Å². The zero-order chi connectivity index (χ0) is 12.5. The van der Waals surface area contributed by atoms with Gasteiger partial charge < -0.3 is 10.2 Å². The van der Waals surface area contributed by atoms with Crippen LogP contribution in [0.5, 0.6) is 0 Å². The Balaban J connectivity index is 2.57. The Labute approximate surface area is 97.4 Å². The smallest absolute Gasteiger partial charge is 0.225 e. The fourth-order valence-corrected chi connectivity index (χ4v) is 2.00. The maximum absolute atomic E-state index is 13.7. The molecule has 0 unspecified atom stereocenters. The highest BCUT2D eigenvalue weighted by Gasteiger charge is 2.37. The van der Waals surface area contributed by atoms with Gasteiger partial charge in [-0.2, -0.15) is 0 Å². The Morgan fingerprint density at radius 3 is 2.38 bits per heavy atom. The lowest BCUT2D eigenvalue weighted by Crippen LogP contribution is -2.48. The lowest BCUT2D eigenvalue weighted by Gasteiger charge is -2.26. The molecule has 0 aromatic rings. The van der Waals surface area contributed by atoms with Crippen molar-refractivity contribution >= 4 is 5.91 Å². The molecule has 1 N–H and O–H groups in total. The Morgan fingerprint density at radius 2 is 1.94 bits per heavy atom. The summed E-state index contributed by atoms with van der Waals surface area (Å²) in [6.45, 7) is 10.4. The molecule has 0 aromatic carbocycles. The molecule has 0 aliphatic carbocycles. The fraction of sp³-hybridized carbons (Fsp3) is 0.917. The van der Waals surface area contributed by atoms with Gasteiger partial charge in [-0.25, -0.2) is 4.39 Å². The summed E-state index contributed by atoms with van der Waals surface area (Å²) in [6.07, 6.45) is -0.957. The molecule has 0 spiro atoms. The third kappa shape index (κ3) is 3.44. The third-order valence-corrected chi connectivity index (χ3v) is 2.67. The second kappa shape index (κ2) is 4.70. The largest absolute Gasteiger partial charge is 0.338 e. The number of hydrogen-bond acceptors (Lipinski definition) is 2. The van der Waals surface area contributed by atoms with Crippen LogP contribution in [0.2, 0.25) is 0 Å². The second-order valence-corrected chi connectivity index (χ2v) is 5.91.